The van der Waals surface area contributed by atoms with Crippen molar-refractivity contribution < 1.29 is 26.7 Å². The molecule has 24 heavy (non-hydrogen) atoms. The van der Waals surface area contributed by atoms with Gasteiger partial charge in [-0.05, 0) is 33.6 Å². The Hall–Kier alpha value is -1.55. The summed E-state index contributed by atoms with van der Waals surface area (Å²) in [6.07, 6.45) is 1.04. The molecule has 0 aromatic carbocycles. The molecule has 1 atom stereocenters. The van der Waals surface area contributed by atoms with Gasteiger partial charge >= 0.3 is 12.5 Å². The van der Waals surface area contributed by atoms with Gasteiger partial charge in [-0.15, -0.1) is 0 Å². The number of ether oxygens (including phenoxy) is 1. The molecule has 0 unspecified atom stereocenters. The van der Waals surface area contributed by atoms with Crippen molar-refractivity contribution in [3.05, 3.63) is 11.4 Å². The topological polar surface area (TPSA) is 81.5 Å². The van der Waals surface area contributed by atoms with E-state index in [0.29, 0.717) is 17.5 Å². The number of aryl methyl sites for hydroxylation is 1. The SMILES string of the molecule is CCOC(=O)[C@H]1CCCN(S(=O)(=O)c2c(C)nn(C(F)F)c2C)C1. The van der Waals surface area contributed by atoms with Crippen molar-refractivity contribution in [3.8, 4) is 0 Å². The molecule has 1 aromatic heterocycles. The number of aromatic nitrogens is 2. The van der Waals surface area contributed by atoms with Crippen molar-refractivity contribution in [1.29, 1.82) is 0 Å². The lowest BCUT2D eigenvalue weighted by molar-refractivity contribution is -0.149. The van der Waals surface area contributed by atoms with Crippen molar-refractivity contribution in [2.45, 2.75) is 45.1 Å². The van der Waals surface area contributed by atoms with Gasteiger partial charge in [-0.3, -0.25) is 4.79 Å². The average molecular weight is 365 g/mol. The molecule has 1 saturated heterocycles. The maximum Gasteiger partial charge on any atom is 0.333 e. The molecule has 7 nitrogen and oxygen atoms in total. The summed E-state index contributed by atoms with van der Waals surface area (Å²) < 4.78 is 58.1. The van der Waals surface area contributed by atoms with E-state index in [9.17, 15) is 22.0 Å². The van der Waals surface area contributed by atoms with Gasteiger partial charge in [-0.2, -0.15) is 18.2 Å². The molecule has 10 heteroatoms. The summed E-state index contributed by atoms with van der Waals surface area (Å²) in [6.45, 7) is 1.89. The predicted molar refractivity (Wildman–Crippen MR) is 81.1 cm³/mol. The van der Waals surface area contributed by atoms with Crippen LogP contribution in [0.5, 0.6) is 0 Å². The van der Waals surface area contributed by atoms with E-state index in [1.54, 1.807) is 6.92 Å². The molecular formula is C14H21F2N3O4S. The highest BCUT2D eigenvalue weighted by molar-refractivity contribution is 7.89. The highest BCUT2D eigenvalue weighted by Gasteiger charge is 2.37. The Morgan fingerprint density at radius 3 is 2.62 bits per heavy atom. The molecular weight excluding hydrogens is 344 g/mol. The molecule has 0 N–H and O–H groups in total. The summed E-state index contributed by atoms with van der Waals surface area (Å²) in [4.78, 5) is 11.7. The molecule has 1 fully saturated rings. The van der Waals surface area contributed by atoms with Gasteiger partial charge in [0.25, 0.3) is 0 Å². The number of hydrogen-bond donors (Lipinski definition) is 0. The van der Waals surface area contributed by atoms with E-state index in [4.69, 9.17) is 4.74 Å². The third-order valence-corrected chi connectivity index (χ3v) is 6.16. The Bertz CT molecular complexity index is 718. The number of hydrogen-bond acceptors (Lipinski definition) is 5. The maximum atomic E-state index is 12.9. The fourth-order valence-electron chi connectivity index (χ4n) is 2.95. The third kappa shape index (κ3) is 3.44. The van der Waals surface area contributed by atoms with Gasteiger partial charge < -0.3 is 4.74 Å². The molecule has 1 aliphatic heterocycles. The van der Waals surface area contributed by atoms with Crippen LogP contribution >= 0.6 is 0 Å². The first-order valence-electron chi connectivity index (χ1n) is 7.70. The lowest BCUT2D eigenvalue weighted by Gasteiger charge is -2.30. The standard InChI is InChI=1S/C14H21F2N3O4S/c1-4-23-13(20)11-6-5-7-18(8-11)24(21,22)12-9(2)17-19(10(12)3)14(15)16/h11,14H,4-8H2,1-3H3/t11-/m0/s1. The summed E-state index contributed by atoms with van der Waals surface area (Å²) in [5, 5.41) is 3.62. The Morgan fingerprint density at radius 1 is 1.42 bits per heavy atom. The normalized spacial score (nSPS) is 19.7. The monoisotopic (exact) mass is 365 g/mol. The van der Waals surface area contributed by atoms with E-state index in [-0.39, 0.29) is 36.0 Å². The van der Waals surface area contributed by atoms with Crippen LogP contribution in [-0.2, 0) is 19.6 Å². The Labute approximate surface area is 139 Å². The van der Waals surface area contributed by atoms with E-state index < -0.39 is 28.5 Å². The molecule has 0 spiro atoms. The van der Waals surface area contributed by atoms with Gasteiger partial charge in [0.1, 0.15) is 4.90 Å². The fourth-order valence-corrected chi connectivity index (χ4v) is 4.84. The van der Waals surface area contributed by atoms with Crippen LogP contribution in [0.2, 0.25) is 0 Å². The van der Waals surface area contributed by atoms with E-state index >= 15 is 0 Å². The van der Waals surface area contributed by atoms with Crippen molar-refractivity contribution in [1.82, 2.24) is 14.1 Å². The summed E-state index contributed by atoms with van der Waals surface area (Å²) in [5.74, 6) is -0.978. The van der Waals surface area contributed by atoms with Crippen LogP contribution in [0.1, 0.15) is 37.7 Å². The van der Waals surface area contributed by atoms with Gasteiger partial charge in [-0.25, -0.2) is 13.1 Å². The maximum absolute atomic E-state index is 12.9. The number of sulfonamides is 1. The first-order valence-corrected chi connectivity index (χ1v) is 9.14. The minimum Gasteiger partial charge on any atom is -0.466 e. The number of halogens is 2. The van der Waals surface area contributed by atoms with Crippen molar-refractivity contribution in [2.75, 3.05) is 19.7 Å². The highest BCUT2D eigenvalue weighted by atomic mass is 32.2. The van der Waals surface area contributed by atoms with Crippen molar-refractivity contribution >= 4 is 16.0 Å². The van der Waals surface area contributed by atoms with E-state index in [2.05, 4.69) is 5.10 Å². The lowest BCUT2D eigenvalue weighted by atomic mass is 10.0. The van der Waals surface area contributed by atoms with Gasteiger partial charge in [0.05, 0.1) is 23.9 Å². The number of carbonyl (C=O) groups is 1. The second kappa shape index (κ2) is 7.14. The van der Waals surface area contributed by atoms with Crippen LogP contribution in [0.4, 0.5) is 8.78 Å². The van der Waals surface area contributed by atoms with Crippen molar-refractivity contribution in [3.63, 3.8) is 0 Å². The molecule has 136 valence electrons. The molecule has 0 radical (unpaired) electrons. The quantitative estimate of drug-likeness (QED) is 0.744. The zero-order valence-electron chi connectivity index (χ0n) is 13.8. The minimum absolute atomic E-state index is 0.0140. The van der Waals surface area contributed by atoms with Gasteiger partial charge in [0, 0.05) is 13.1 Å². The highest BCUT2D eigenvalue weighted by Crippen LogP contribution is 2.29. The van der Waals surface area contributed by atoms with Crippen LogP contribution in [0.25, 0.3) is 0 Å². The zero-order valence-corrected chi connectivity index (χ0v) is 14.6. The third-order valence-electron chi connectivity index (χ3n) is 4.05. The molecule has 1 aliphatic rings. The second-order valence-corrected chi connectivity index (χ2v) is 7.55. The molecule has 1 aromatic rings. The van der Waals surface area contributed by atoms with E-state index in [1.165, 1.54) is 13.8 Å². The minimum atomic E-state index is -4.01. The number of rotatable bonds is 5. The van der Waals surface area contributed by atoms with Crippen LogP contribution in [0, 0.1) is 19.8 Å². The predicted octanol–water partition coefficient (Wildman–Crippen LogP) is 1.86. The smallest absolute Gasteiger partial charge is 0.333 e. The number of nitrogens with zero attached hydrogens (tertiary/aromatic N) is 3. The number of carbonyl (C=O) groups excluding carboxylic acids is 1. The number of esters is 1. The van der Waals surface area contributed by atoms with Crippen LogP contribution in [0.15, 0.2) is 4.90 Å². The Balaban J connectivity index is 2.32. The summed E-state index contributed by atoms with van der Waals surface area (Å²) in [6, 6.07) is 0. The van der Waals surface area contributed by atoms with Gasteiger partial charge in [0.2, 0.25) is 10.0 Å². The lowest BCUT2D eigenvalue weighted by Crippen LogP contribution is -2.43. The zero-order chi connectivity index (χ0) is 18.1. The van der Waals surface area contributed by atoms with Crippen molar-refractivity contribution in [2.24, 2.45) is 5.92 Å². The summed E-state index contributed by atoms with van der Waals surface area (Å²) in [7, 11) is -4.01. The number of alkyl halides is 2. The van der Waals surface area contributed by atoms with E-state index in [0.717, 1.165) is 4.31 Å². The molecule has 0 aliphatic carbocycles. The molecule has 0 saturated carbocycles. The molecule has 0 amide bonds. The summed E-state index contributed by atoms with van der Waals surface area (Å²) >= 11 is 0. The molecule has 2 heterocycles. The average Bonchev–Trinajstić information content (AvgIpc) is 2.83. The second-order valence-electron chi connectivity index (χ2n) is 5.68. The first-order chi connectivity index (χ1) is 11.2. The Morgan fingerprint density at radius 2 is 2.08 bits per heavy atom. The molecule has 0 bridgehead atoms. The summed E-state index contributed by atoms with van der Waals surface area (Å²) in [5.41, 5.74) is -0.0909. The number of piperidine rings is 1. The van der Waals surface area contributed by atoms with Crippen LogP contribution in [-0.4, -0.2) is 48.2 Å². The van der Waals surface area contributed by atoms with Gasteiger partial charge in [0.15, 0.2) is 0 Å². The fraction of sp³-hybridized carbons (Fsp3) is 0.714. The van der Waals surface area contributed by atoms with Crippen LogP contribution in [0.3, 0.4) is 0 Å². The van der Waals surface area contributed by atoms with Gasteiger partial charge in [-0.1, -0.05) is 0 Å². The van der Waals surface area contributed by atoms with E-state index in [1.807, 2.05) is 0 Å². The Kier molecular flexibility index (Phi) is 5.59. The largest absolute Gasteiger partial charge is 0.466 e. The van der Waals surface area contributed by atoms with Crippen LogP contribution < -0.4 is 0 Å². The molecule has 2 rings (SSSR count). The first kappa shape index (κ1) is 18.8.